The van der Waals surface area contributed by atoms with Crippen LogP contribution in [-0.2, 0) is 18.3 Å². The third kappa shape index (κ3) is 4.38. The van der Waals surface area contributed by atoms with Crippen LogP contribution >= 0.6 is 23.2 Å². The van der Waals surface area contributed by atoms with Gasteiger partial charge in [0.15, 0.2) is 0 Å². The molecule has 2 aromatic heterocycles. The van der Waals surface area contributed by atoms with Crippen molar-refractivity contribution in [2.45, 2.75) is 26.5 Å². The second-order valence-electron chi connectivity index (χ2n) is 7.13. The second kappa shape index (κ2) is 8.61. The lowest BCUT2D eigenvalue weighted by Crippen LogP contribution is -2.18. The zero-order valence-corrected chi connectivity index (χ0v) is 18.8. The van der Waals surface area contributed by atoms with Crippen LogP contribution in [0.1, 0.15) is 25.5 Å². The Balaban J connectivity index is 1.50. The molecule has 1 atom stereocenters. The van der Waals surface area contributed by atoms with Crippen LogP contribution in [0.25, 0.3) is 22.3 Å². The molecule has 0 spiro atoms. The zero-order valence-electron chi connectivity index (χ0n) is 17.3. The van der Waals surface area contributed by atoms with E-state index in [2.05, 4.69) is 15.4 Å². The molecule has 0 bridgehead atoms. The van der Waals surface area contributed by atoms with E-state index in [-0.39, 0.29) is 0 Å². The van der Waals surface area contributed by atoms with E-state index in [0.29, 0.717) is 28.1 Å². The Bertz CT molecular complexity index is 1260. The maximum atomic E-state index is 12.6. The lowest BCUT2D eigenvalue weighted by molar-refractivity contribution is 0.121. The zero-order chi connectivity index (χ0) is 22.1. The molecule has 0 saturated carbocycles. The lowest BCUT2D eigenvalue weighted by Gasteiger charge is -2.14. The Labute approximate surface area is 189 Å². The standard InChI is InChI=1S/C22H21Cl2N5O2/c1-4-29-21(11-18(27-29)16-7-6-15(23)10-17(16)24)26-22(30)31-13(2)14-5-8-20-19(9-14)25-12-28(20)3/h5-13H,4H2,1-3H3,(H,26,30). The minimum absolute atomic E-state index is 0.449. The highest BCUT2D eigenvalue weighted by atomic mass is 35.5. The number of anilines is 1. The molecule has 160 valence electrons. The number of nitrogens with one attached hydrogen (secondary N) is 1. The van der Waals surface area contributed by atoms with Crippen molar-refractivity contribution in [3.05, 3.63) is 64.4 Å². The molecule has 0 aliphatic rings. The highest BCUT2D eigenvalue weighted by Gasteiger charge is 2.17. The molecule has 2 heterocycles. The van der Waals surface area contributed by atoms with Gasteiger partial charge in [-0.3, -0.25) is 5.32 Å². The molecule has 2 aromatic carbocycles. The fraction of sp³-hybridized carbons (Fsp3) is 0.227. The van der Waals surface area contributed by atoms with Gasteiger partial charge in [0.05, 0.1) is 28.1 Å². The van der Waals surface area contributed by atoms with Crippen LogP contribution in [0.2, 0.25) is 10.0 Å². The van der Waals surface area contributed by atoms with E-state index in [1.807, 2.05) is 43.7 Å². The van der Waals surface area contributed by atoms with Crippen molar-refractivity contribution in [2.24, 2.45) is 7.05 Å². The van der Waals surface area contributed by atoms with Gasteiger partial charge in [0.25, 0.3) is 0 Å². The number of amides is 1. The first-order chi connectivity index (χ1) is 14.9. The highest BCUT2D eigenvalue weighted by Crippen LogP contribution is 2.31. The molecule has 7 nitrogen and oxygen atoms in total. The minimum Gasteiger partial charge on any atom is -0.441 e. The van der Waals surface area contributed by atoms with Crippen molar-refractivity contribution in [1.82, 2.24) is 19.3 Å². The molecule has 31 heavy (non-hydrogen) atoms. The third-order valence-corrected chi connectivity index (χ3v) is 5.57. The van der Waals surface area contributed by atoms with Gasteiger partial charge < -0.3 is 9.30 Å². The summed E-state index contributed by atoms with van der Waals surface area (Å²) in [6.45, 7) is 4.31. The number of nitrogens with zero attached hydrogens (tertiary/aromatic N) is 4. The Kier molecular flexibility index (Phi) is 5.89. The number of rotatable bonds is 5. The molecular formula is C22H21Cl2N5O2. The predicted octanol–water partition coefficient (Wildman–Crippen LogP) is 6.07. The minimum atomic E-state index is -0.572. The van der Waals surface area contributed by atoms with Gasteiger partial charge in [-0.1, -0.05) is 29.3 Å². The number of aryl methyl sites for hydroxylation is 2. The van der Waals surface area contributed by atoms with Crippen molar-refractivity contribution < 1.29 is 9.53 Å². The first-order valence-electron chi connectivity index (χ1n) is 9.77. The molecule has 1 amide bonds. The quantitative estimate of drug-likeness (QED) is 0.394. The van der Waals surface area contributed by atoms with Gasteiger partial charge in [-0.15, -0.1) is 0 Å². The SMILES string of the molecule is CCn1nc(-c2ccc(Cl)cc2Cl)cc1NC(=O)OC(C)c1ccc2c(c1)ncn2C. The van der Waals surface area contributed by atoms with Gasteiger partial charge in [-0.25, -0.2) is 14.5 Å². The predicted molar refractivity (Wildman–Crippen MR) is 123 cm³/mol. The normalized spacial score (nSPS) is 12.2. The highest BCUT2D eigenvalue weighted by molar-refractivity contribution is 6.36. The number of hydrogen-bond acceptors (Lipinski definition) is 4. The average Bonchev–Trinajstić information content (AvgIpc) is 3.30. The molecule has 1 unspecified atom stereocenters. The molecular weight excluding hydrogens is 437 g/mol. The molecule has 0 aliphatic carbocycles. The van der Waals surface area contributed by atoms with E-state index < -0.39 is 12.2 Å². The van der Waals surface area contributed by atoms with Crippen molar-refractivity contribution in [3.8, 4) is 11.3 Å². The van der Waals surface area contributed by atoms with Crippen molar-refractivity contribution in [3.63, 3.8) is 0 Å². The first-order valence-corrected chi connectivity index (χ1v) is 10.5. The fourth-order valence-corrected chi connectivity index (χ4v) is 3.86. The summed E-state index contributed by atoms with van der Waals surface area (Å²) in [5, 5.41) is 8.33. The summed E-state index contributed by atoms with van der Waals surface area (Å²) in [5.41, 5.74) is 4.09. The molecule has 0 aliphatic heterocycles. The summed E-state index contributed by atoms with van der Waals surface area (Å²) in [6, 6.07) is 12.8. The number of ether oxygens (including phenoxy) is 1. The Morgan fingerprint density at radius 3 is 2.74 bits per heavy atom. The van der Waals surface area contributed by atoms with Crippen LogP contribution in [0.3, 0.4) is 0 Å². The first kappa shape index (κ1) is 21.2. The Morgan fingerprint density at radius 1 is 1.19 bits per heavy atom. The van der Waals surface area contributed by atoms with Gasteiger partial charge in [0.2, 0.25) is 0 Å². The number of carbonyl (C=O) groups is 1. The van der Waals surface area contributed by atoms with E-state index in [9.17, 15) is 4.79 Å². The summed E-state index contributed by atoms with van der Waals surface area (Å²) < 4.78 is 9.19. The summed E-state index contributed by atoms with van der Waals surface area (Å²) in [7, 11) is 1.94. The van der Waals surface area contributed by atoms with Gasteiger partial charge in [0, 0.05) is 30.2 Å². The molecule has 0 saturated heterocycles. The number of hydrogen-bond donors (Lipinski definition) is 1. The van der Waals surface area contributed by atoms with Gasteiger partial charge in [-0.2, -0.15) is 5.10 Å². The van der Waals surface area contributed by atoms with Gasteiger partial charge >= 0.3 is 6.09 Å². The van der Waals surface area contributed by atoms with Crippen molar-refractivity contribution in [2.75, 3.05) is 5.32 Å². The van der Waals surface area contributed by atoms with Gasteiger partial charge in [0.1, 0.15) is 11.9 Å². The Hall–Kier alpha value is -3.03. The van der Waals surface area contributed by atoms with E-state index in [1.54, 1.807) is 35.3 Å². The van der Waals surface area contributed by atoms with Crippen LogP contribution in [0, 0.1) is 0 Å². The third-order valence-electron chi connectivity index (χ3n) is 5.02. The maximum Gasteiger partial charge on any atom is 0.413 e. The monoisotopic (exact) mass is 457 g/mol. The largest absolute Gasteiger partial charge is 0.441 e. The summed E-state index contributed by atoms with van der Waals surface area (Å²) >= 11 is 12.3. The van der Waals surface area contributed by atoms with E-state index in [0.717, 1.165) is 22.2 Å². The van der Waals surface area contributed by atoms with Crippen molar-refractivity contribution >= 4 is 46.1 Å². The van der Waals surface area contributed by atoms with Gasteiger partial charge in [-0.05, 0) is 49.7 Å². The van der Waals surface area contributed by atoms with Crippen LogP contribution in [0.15, 0.2) is 48.8 Å². The lowest BCUT2D eigenvalue weighted by atomic mass is 10.1. The second-order valence-corrected chi connectivity index (χ2v) is 7.97. The molecule has 4 rings (SSSR count). The molecule has 4 aromatic rings. The number of fused-ring (bicyclic) bond motifs is 1. The smallest absolute Gasteiger partial charge is 0.413 e. The van der Waals surface area contributed by atoms with E-state index in [4.69, 9.17) is 27.9 Å². The van der Waals surface area contributed by atoms with Crippen LogP contribution in [0.4, 0.5) is 10.6 Å². The number of halogens is 2. The number of aromatic nitrogens is 4. The summed E-state index contributed by atoms with van der Waals surface area (Å²) in [5.74, 6) is 0.515. The molecule has 1 N–H and O–H groups in total. The topological polar surface area (TPSA) is 74.0 Å². The summed E-state index contributed by atoms with van der Waals surface area (Å²) in [6.07, 6.45) is 0.731. The van der Waals surface area contributed by atoms with E-state index in [1.165, 1.54) is 0 Å². The number of imidazole rings is 1. The van der Waals surface area contributed by atoms with Crippen LogP contribution in [-0.4, -0.2) is 25.4 Å². The molecule has 0 fully saturated rings. The summed E-state index contributed by atoms with van der Waals surface area (Å²) in [4.78, 5) is 16.9. The molecule has 9 heteroatoms. The molecule has 0 radical (unpaired) electrons. The number of carbonyl (C=O) groups excluding carboxylic acids is 1. The number of benzene rings is 2. The van der Waals surface area contributed by atoms with E-state index >= 15 is 0 Å². The van der Waals surface area contributed by atoms with Crippen molar-refractivity contribution in [1.29, 1.82) is 0 Å². The average molecular weight is 458 g/mol. The fourth-order valence-electron chi connectivity index (χ4n) is 3.36. The van der Waals surface area contributed by atoms with Crippen LogP contribution in [0.5, 0.6) is 0 Å². The Morgan fingerprint density at radius 2 is 2.00 bits per heavy atom. The maximum absolute atomic E-state index is 12.6. The van der Waals surface area contributed by atoms with Crippen LogP contribution < -0.4 is 5.32 Å².